The van der Waals surface area contributed by atoms with Crippen molar-refractivity contribution in [3.05, 3.63) is 11.3 Å². The number of aliphatic carboxylic acids is 2. The first-order valence-corrected chi connectivity index (χ1v) is 8.19. The molecule has 0 aromatic rings. The Bertz CT molecular complexity index is 702. The summed E-state index contributed by atoms with van der Waals surface area (Å²) in [7, 11) is 0. The highest BCUT2D eigenvalue weighted by Gasteiger charge is 2.47. The van der Waals surface area contributed by atoms with Crippen molar-refractivity contribution in [3.63, 3.8) is 0 Å². The number of carboxylic acids is 2. The Balaban J connectivity index is 3.27. The molecule has 150 valence electrons. The number of Topliss-reactive ketones (excluding diaryl/α,β-unsaturated/α-hetero) is 2. The fourth-order valence-electron chi connectivity index (χ4n) is 2.82. The number of carboxylic acid groups (broad SMARTS) is 2. The Hall–Kier alpha value is -2.79. The Kier molecular flexibility index (Phi) is 7.20. The number of ketones is 2. The molecule has 8 N–H and O–H groups in total. The molecule has 11 heteroatoms. The first-order chi connectivity index (χ1) is 12.5. The molecule has 0 bridgehead atoms. The third kappa shape index (κ3) is 4.89. The van der Waals surface area contributed by atoms with Gasteiger partial charge in [-0.05, 0) is 6.42 Å². The first kappa shape index (κ1) is 22.3. The Morgan fingerprint density at radius 2 is 1.78 bits per heavy atom. The molecule has 1 unspecified atom stereocenters. The molecule has 1 rings (SSSR count). The predicted octanol–water partition coefficient (Wildman–Crippen LogP) is -1.54. The normalized spacial score (nSPS) is 20.0. The van der Waals surface area contributed by atoms with Crippen LogP contribution in [0.15, 0.2) is 11.3 Å². The maximum atomic E-state index is 12.5. The summed E-state index contributed by atoms with van der Waals surface area (Å²) < 4.78 is 0. The predicted molar refractivity (Wildman–Crippen MR) is 90.5 cm³/mol. The van der Waals surface area contributed by atoms with E-state index in [1.54, 1.807) is 6.92 Å². The zero-order valence-corrected chi connectivity index (χ0v) is 14.7. The number of aliphatic hydroxyl groups is 1. The average molecular weight is 385 g/mol. The van der Waals surface area contributed by atoms with E-state index in [-0.39, 0.29) is 13.0 Å². The molecule has 1 heterocycles. The first-order valence-electron chi connectivity index (χ1n) is 8.19. The Morgan fingerprint density at radius 1 is 1.19 bits per heavy atom. The molecule has 27 heavy (non-hydrogen) atoms. The van der Waals surface area contributed by atoms with Crippen LogP contribution in [0.1, 0.15) is 32.6 Å². The number of carbonyl (C=O) groups excluding carboxylic acids is 3. The fourth-order valence-corrected chi connectivity index (χ4v) is 2.82. The zero-order valence-electron chi connectivity index (χ0n) is 14.7. The number of nitrogens with two attached hydrogens (primary N) is 2. The third-order valence-corrected chi connectivity index (χ3v) is 4.44. The molecule has 0 aromatic heterocycles. The zero-order chi connectivity index (χ0) is 20.9. The minimum Gasteiger partial charge on any atom is -0.509 e. The topological polar surface area (TPSA) is 210 Å². The van der Waals surface area contributed by atoms with Gasteiger partial charge in [-0.3, -0.25) is 24.0 Å². The van der Waals surface area contributed by atoms with Crippen molar-refractivity contribution >= 4 is 29.4 Å². The molecular weight excluding hydrogens is 362 g/mol. The molecule has 1 amide bonds. The van der Waals surface area contributed by atoms with E-state index >= 15 is 0 Å². The average Bonchev–Trinajstić information content (AvgIpc) is 2.86. The van der Waals surface area contributed by atoms with Crippen LogP contribution >= 0.6 is 0 Å². The van der Waals surface area contributed by atoms with Crippen LogP contribution in [0, 0.1) is 5.41 Å². The quantitative estimate of drug-likeness (QED) is 0.225. The van der Waals surface area contributed by atoms with Crippen molar-refractivity contribution in [2.75, 3.05) is 6.54 Å². The molecule has 1 aliphatic heterocycles. The lowest BCUT2D eigenvalue weighted by Crippen LogP contribution is -2.42. The number of aliphatic hydroxyl groups excluding tert-OH is 1. The number of hydrogen-bond donors (Lipinski definition) is 6. The highest BCUT2D eigenvalue weighted by Crippen LogP contribution is 2.35. The second kappa shape index (κ2) is 8.73. The van der Waals surface area contributed by atoms with Gasteiger partial charge < -0.3 is 32.1 Å². The minimum absolute atomic E-state index is 0.197. The molecule has 0 radical (unpaired) electrons. The van der Waals surface area contributed by atoms with Crippen LogP contribution in [0.3, 0.4) is 0 Å². The molecule has 0 aromatic carbocycles. The molecule has 0 spiro atoms. The summed E-state index contributed by atoms with van der Waals surface area (Å²) in [5.74, 6) is -6.64. The molecule has 0 saturated heterocycles. The van der Waals surface area contributed by atoms with Gasteiger partial charge in [0.25, 0.3) is 5.91 Å². The molecule has 3 atom stereocenters. The van der Waals surface area contributed by atoms with E-state index in [0.29, 0.717) is 0 Å². The van der Waals surface area contributed by atoms with E-state index in [1.165, 1.54) is 0 Å². The lowest BCUT2D eigenvalue weighted by molar-refractivity contribution is -0.159. The van der Waals surface area contributed by atoms with Gasteiger partial charge in [0.2, 0.25) is 0 Å². The van der Waals surface area contributed by atoms with E-state index < -0.39 is 77.5 Å². The summed E-state index contributed by atoms with van der Waals surface area (Å²) in [6.45, 7) is 1.39. The summed E-state index contributed by atoms with van der Waals surface area (Å²) in [5, 5.41) is 30.9. The monoisotopic (exact) mass is 385 g/mol. The number of amides is 1. The highest BCUT2D eigenvalue weighted by atomic mass is 16.4. The van der Waals surface area contributed by atoms with Crippen LogP contribution in [-0.2, 0) is 24.0 Å². The van der Waals surface area contributed by atoms with Crippen LogP contribution in [0.2, 0.25) is 0 Å². The summed E-state index contributed by atoms with van der Waals surface area (Å²) in [6.07, 6.45) is -2.61. The van der Waals surface area contributed by atoms with Crippen LogP contribution in [-0.4, -0.2) is 63.4 Å². The van der Waals surface area contributed by atoms with E-state index in [4.69, 9.17) is 16.6 Å². The highest BCUT2D eigenvalue weighted by molar-refractivity contribution is 6.22. The molecule has 0 saturated carbocycles. The number of carbonyl (C=O) groups is 5. The molecular formula is C16H23N3O8. The summed E-state index contributed by atoms with van der Waals surface area (Å²) in [5.41, 5.74) is 7.95. The Morgan fingerprint density at radius 3 is 2.19 bits per heavy atom. The van der Waals surface area contributed by atoms with Crippen molar-refractivity contribution < 1.29 is 39.3 Å². The van der Waals surface area contributed by atoms with Crippen LogP contribution in [0.25, 0.3) is 0 Å². The lowest BCUT2D eigenvalue weighted by Gasteiger charge is -2.27. The number of hydrogen-bond acceptors (Lipinski definition) is 8. The second-order valence-corrected chi connectivity index (χ2v) is 6.44. The van der Waals surface area contributed by atoms with Gasteiger partial charge in [-0.2, -0.15) is 0 Å². The molecule has 0 fully saturated rings. The van der Waals surface area contributed by atoms with Gasteiger partial charge >= 0.3 is 11.9 Å². The maximum absolute atomic E-state index is 12.5. The second-order valence-electron chi connectivity index (χ2n) is 6.44. The summed E-state index contributed by atoms with van der Waals surface area (Å²) in [6, 6.07) is -2.01. The van der Waals surface area contributed by atoms with Gasteiger partial charge in [-0.15, -0.1) is 0 Å². The van der Waals surface area contributed by atoms with E-state index in [0.717, 1.165) is 0 Å². The van der Waals surface area contributed by atoms with Gasteiger partial charge in [0.1, 0.15) is 11.3 Å². The van der Waals surface area contributed by atoms with Gasteiger partial charge in [0.15, 0.2) is 11.6 Å². The Labute approximate surface area is 154 Å². The standard InChI is InChI=1S/C16H23N3O8/c1-2-7(18)9(20)3-16(15(26)27,5-11(22)23)4-10(21)12-13(24)8(6-17)19-14(12)25/h7-8,24H,2-6,17-18H2,1H3,(H,19,25)(H,22,23)(H,26,27)/t7-,8-,16?/m0/s1. The van der Waals surface area contributed by atoms with Crippen molar-refractivity contribution in [3.8, 4) is 0 Å². The van der Waals surface area contributed by atoms with Crippen LogP contribution in [0.5, 0.6) is 0 Å². The smallest absolute Gasteiger partial charge is 0.311 e. The molecule has 1 aliphatic rings. The molecule has 11 nitrogen and oxygen atoms in total. The number of rotatable bonds is 11. The van der Waals surface area contributed by atoms with Gasteiger partial charge in [0, 0.05) is 19.4 Å². The van der Waals surface area contributed by atoms with Crippen LogP contribution < -0.4 is 16.8 Å². The SMILES string of the molecule is CC[C@H](N)C(=O)CC(CC(=O)O)(CC(=O)C1=C(O)[C@H](CN)NC1=O)C(=O)O. The maximum Gasteiger partial charge on any atom is 0.311 e. The van der Waals surface area contributed by atoms with Gasteiger partial charge in [-0.25, -0.2) is 0 Å². The van der Waals surface area contributed by atoms with Crippen molar-refractivity contribution in [1.29, 1.82) is 0 Å². The van der Waals surface area contributed by atoms with E-state index in [2.05, 4.69) is 5.32 Å². The summed E-state index contributed by atoms with van der Waals surface area (Å²) >= 11 is 0. The molecule has 0 aliphatic carbocycles. The van der Waals surface area contributed by atoms with Crippen molar-refractivity contribution in [2.24, 2.45) is 16.9 Å². The minimum atomic E-state index is -2.30. The van der Waals surface area contributed by atoms with Gasteiger partial charge in [0.05, 0.1) is 23.9 Å². The van der Waals surface area contributed by atoms with E-state index in [9.17, 15) is 34.2 Å². The number of nitrogens with one attached hydrogen (secondary N) is 1. The van der Waals surface area contributed by atoms with Crippen molar-refractivity contribution in [1.82, 2.24) is 5.32 Å². The van der Waals surface area contributed by atoms with E-state index in [1.807, 2.05) is 0 Å². The fraction of sp³-hybridized carbons (Fsp3) is 0.562. The summed E-state index contributed by atoms with van der Waals surface area (Å²) in [4.78, 5) is 59.6. The van der Waals surface area contributed by atoms with Gasteiger partial charge in [-0.1, -0.05) is 6.92 Å². The van der Waals surface area contributed by atoms with Crippen molar-refractivity contribution in [2.45, 2.75) is 44.7 Å². The lowest BCUT2D eigenvalue weighted by atomic mass is 9.73. The third-order valence-electron chi connectivity index (χ3n) is 4.44. The van der Waals surface area contributed by atoms with Crippen LogP contribution in [0.4, 0.5) is 0 Å². The largest absolute Gasteiger partial charge is 0.509 e.